The molecule has 0 aliphatic heterocycles. The van der Waals surface area contributed by atoms with Gasteiger partial charge in [0, 0.05) is 30.2 Å². The average molecular weight is 280 g/mol. The first-order valence-electron chi connectivity index (χ1n) is 6.85. The van der Waals surface area contributed by atoms with Gasteiger partial charge in [-0.1, -0.05) is 0 Å². The van der Waals surface area contributed by atoms with E-state index in [-0.39, 0.29) is 0 Å². The van der Waals surface area contributed by atoms with Gasteiger partial charge in [-0.2, -0.15) is 5.10 Å². The Morgan fingerprint density at radius 3 is 2.48 bits per heavy atom. The molecule has 0 radical (unpaired) electrons. The number of hydrogen-bond acceptors (Lipinski definition) is 5. The van der Waals surface area contributed by atoms with E-state index in [0.29, 0.717) is 5.82 Å². The standard InChI is InChI=1S/C15H16N6/c1-4-21-15(13-9-10(2)17-11(3)18-13)19-14(20-21)12-5-7-16-8-6-12/h5-9H,4H2,1-3H3. The molecule has 0 aliphatic rings. The number of hydrogen-bond donors (Lipinski definition) is 0. The SMILES string of the molecule is CCn1nc(-c2ccncc2)nc1-c1cc(C)nc(C)n1. The fourth-order valence-corrected chi connectivity index (χ4v) is 2.21. The molecule has 0 unspecified atom stereocenters. The number of aryl methyl sites for hydroxylation is 3. The summed E-state index contributed by atoms with van der Waals surface area (Å²) in [5.74, 6) is 2.18. The van der Waals surface area contributed by atoms with E-state index in [0.717, 1.165) is 35.1 Å². The van der Waals surface area contributed by atoms with E-state index < -0.39 is 0 Å². The number of rotatable bonds is 3. The lowest BCUT2D eigenvalue weighted by Crippen LogP contribution is -2.02. The molecular formula is C15H16N6. The van der Waals surface area contributed by atoms with Crippen LogP contribution in [0.15, 0.2) is 30.6 Å². The summed E-state index contributed by atoms with van der Waals surface area (Å²) in [5.41, 5.74) is 2.67. The van der Waals surface area contributed by atoms with Crippen LogP contribution >= 0.6 is 0 Å². The van der Waals surface area contributed by atoms with Crippen molar-refractivity contribution in [1.29, 1.82) is 0 Å². The highest BCUT2D eigenvalue weighted by Gasteiger charge is 2.14. The average Bonchev–Trinajstić information content (AvgIpc) is 2.91. The van der Waals surface area contributed by atoms with Gasteiger partial charge in [0.2, 0.25) is 0 Å². The lowest BCUT2D eigenvalue weighted by Gasteiger charge is -2.03. The number of nitrogens with zero attached hydrogens (tertiary/aromatic N) is 6. The van der Waals surface area contributed by atoms with Crippen LogP contribution in [0, 0.1) is 13.8 Å². The molecule has 3 aromatic heterocycles. The monoisotopic (exact) mass is 280 g/mol. The summed E-state index contributed by atoms with van der Waals surface area (Å²) in [5, 5.41) is 4.55. The van der Waals surface area contributed by atoms with Crippen molar-refractivity contribution in [2.75, 3.05) is 0 Å². The van der Waals surface area contributed by atoms with Crippen LogP contribution in [0.1, 0.15) is 18.4 Å². The number of aromatic nitrogens is 6. The summed E-state index contributed by atoms with van der Waals surface area (Å²) in [7, 11) is 0. The van der Waals surface area contributed by atoms with Gasteiger partial charge < -0.3 is 0 Å². The molecule has 106 valence electrons. The molecule has 0 N–H and O–H groups in total. The zero-order valence-electron chi connectivity index (χ0n) is 12.3. The summed E-state index contributed by atoms with van der Waals surface area (Å²) < 4.78 is 1.86. The fourth-order valence-electron chi connectivity index (χ4n) is 2.21. The van der Waals surface area contributed by atoms with Crippen LogP contribution < -0.4 is 0 Å². The van der Waals surface area contributed by atoms with Gasteiger partial charge in [-0.15, -0.1) is 0 Å². The van der Waals surface area contributed by atoms with E-state index in [4.69, 9.17) is 0 Å². The molecule has 0 aromatic carbocycles. The molecule has 3 rings (SSSR count). The van der Waals surface area contributed by atoms with Crippen LogP contribution in [-0.2, 0) is 6.54 Å². The maximum atomic E-state index is 4.64. The summed E-state index contributed by atoms with van der Waals surface area (Å²) in [6.45, 7) is 6.60. The smallest absolute Gasteiger partial charge is 0.181 e. The second-order valence-electron chi connectivity index (χ2n) is 4.75. The topological polar surface area (TPSA) is 69.4 Å². The molecule has 3 heterocycles. The molecule has 0 atom stereocenters. The van der Waals surface area contributed by atoms with Crippen molar-refractivity contribution < 1.29 is 0 Å². The predicted octanol–water partition coefficient (Wildman–Crippen LogP) is 2.43. The maximum absolute atomic E-state index is 4.64. The molecule has 0 fully saturated rings. The molecule has 0 bridgehead atoms. The van der Waals surface area contributed by atoms with Crippen molar-refractivity contribution in [3.63, 3.8) is 0 Å². The van der Waals surface area contributed by atoms with Crippen molar-refractivity contribution >= 4 is 0 Å². The lowest BCUT2D eigenvalue weighted by molar-refractivity contribution is 0.665. The van der Waals surface area contributed by atoms with E-state index in [9.17, 15) is 0 Å². The predicted molar refractivity (Wildman–Crippen MR) is 79.4 cm³/mol. The summed E-state index contributed by atoms with van der Waals surface area (Å²) in [6, 6.07) is 5.73. The fraction of sp³-hybridized carbons (Fsp3) is 0.267. The Kier molecular flexibility index (Phi) is 3.43. The Labute approximate surface area is 122 Å². The first-order chi connectivity index (χ1) is 10.2. The zero-order chi connectivity index (χ0) is 14.8. The minimum atomic E-state index is 0.683. The van der Waals surface area contributed by atoms with Crippen LogP contribution in [0.5, 0.6) is 0 Å². The molecular weight excluding hydrogens is 264 g/mol. The molecule has 0 spiro atoms. The van der Waals surface area contributed by atoms with E-state index in [1.54, 1.807) is 12.4 Å². The van der Waals surface area contributed by atoms with E-state index in [1.807, 2.05) is 43.7 Å². The Balaban J connectivity index is 2.12. The van der Waals surface area contributed by atoms with E-state index >= 15 is 0 Å². The quantitative estimate of drug-likeness (QED) is 0.737. The Morgan fingerprint density at radius 1 is 1.05 bits per heavy atom. The third kappa shape index (κ3) is 2.65. The Morgan fingerprint density at radius 2 is 1.81 bits per heavy atom. The highest BCUT2D eigenvalue weighted by molar-refractivity contribution is 5.59. The first-order valence-corrected chi connectivity index (χ1v) is 6.85. The van der Waals surface area contributed by atoms with Gasteiger partial charge >= 0.3 is 0 Å². The molecule has 0 saturated heterocycles. The van der Waals surface area contributed by atoms with Crippen molar-refractivity contribution in [1.82, 2.24) is 29.7 Å². The van der Waals surface area contributed by atoms with Crippen molar-refractivity contribution in [3.8, 4) is 22.9 Å². The maximum Gasteiger partial charge on any atom is 0.181 e. The first kappa shape index (κ1) is 13.4. The summed E-state index contributed by atoms with van der Waals surface area (Å²) in [4.78, 5) is 17.4. The minimum absolute atomic E-state index is 0.683. The van der Waals surface area contributed by atoms with E-state index in [1.165, 1.54) is 0 Å². The van der Waals surface area contributed by atoms with Gasteiger partial charge in [-0.3, -0.25) is 4.98 Å². The molecule has 0 aliphatic carbocycles. The summed E-state index contributed by atoms with van der Waals surface area (Å²) in [6.07, 6.45) is 3.47. The summed E-state index contributed by atoms with van der Waals surface area (Å²) >= 11 is 0. The molecule has 3 aromatic rings. The van der Waals surface area contributed by atoms with Crippen LogP contribution in [0.25, 0.3) is 22.9 Å². The Bertz CT molecular complexity index is 743. The molecule has 6 nitrogen and oxygen atoms in total. The van der Waals surface area contributed by atoms with Gasteiger partial charge in [0.05, 0.1) is 0 Å². The lowest BCUT2D eigenvalue weighted by atomic mass is 10.2. The molecule has 0 amide bonds. The van der Waals surface area contributed by atoms with Crippen LogP contribution in [0.2, 0.25) is 0 Å². The minimum Gasteiger partial charge on any atom is -0.265 e. The highest BCUT2D eigenvalue weighted by atomic mass is 15.3. The normalized spacial score (nSPS) is 10.8. The van der Waals surface area contributed by atoms with Gasteiger partial charge in [0.25, 0.3) is 0 Å². The highest BCUT2D eigenvalue weighted by Crippen LogP contribution is 2.21. The van der Waals surface area contributed by atoms with Crippen molar-refractivity contribution in [3.05, 3.63) is 42.1 Å². The van der Waals surface area contributed by atoms with Crippen LogP contribution in [0.3, 0.4) is 0 Å². The molecule has 21 heavy (non-hydrogen) atoms. The molecule has 6 heteroatoms. The van der Waals surface area contributed by atoms with Gasteiger partial charge in [0.1, 0.15) is 11.5 Å². The van der Waals surface area contributed by atoms with Crippen LogP contribution in [-0.4, -0.2) is 29.7 Å². The van der Waals surface area contributed by atoms with Gasteiger partial charge in [-0.05, 0) is 39.0 Å². The second kappa shape index (κ2) is 5.40. The van der Waals surface area contributed by atoms with Gasteiger partial charge in [-0.25, -0.2) is 19.6 Å². The van der Waals surface area contributed by atoms with E-state index in [2.05, 4.69) is 25.0 Å². The van der Waals surface area contributed by atoms with Gasteiger partial charge in [0.15, 0.2) is 11.6 Å². The van der Waals surface area contributed by atoms with Crippen molar-refractivity contribution in [2.45, 2.75) is 27.3 Å². The van der Waals surface area contributed by atoms with Crippen LogP contribution in [0.4, 0.5) is 0 Å². The van der Waals surface area contributed by atoms with Crippen molar-refractivity contribution in [2.24, 2.45) is 0 Å². The number of pyridine rings is 1. The third-order valence-electron chi connectivity index (χ3n) is 3.10. The third-order valence-corrected chi connectivity index (χ3v) is 3.10. The zero-order valence-corrected chi connectivity index (χ0v) is 12.3. The largest absolute Gasteiger partial charge is 0.265 e. The second-order valence-corrected chi connectivity index (χ2v) is 4.75. The molecule has 0 saturated carbocycles. The Hall–Kier alpha value is -2.63.